The molecule has 0 unspecified atom stereocenters. The Labute approximate surface area is 148 Å². The lowest BCUT2D eigenvalue weighted by atomic mass is 10.1. The van der Waals surface area contributed by atoms with Crippen LogP contribution in [0.5, 0.6) is 0 Å². The average Bonchev–Trinajstić information content (AvgIpc) is 2.64. The maximum Gasteiger partial charge on any atom is 0.244 e. The van der Waals surface area contributed by atoms with Crippen molar-refractivity contribution in [1.29, 1.82) is 0 Å². The van der Waals surface area contributed by atoms with E-state index in [1.165, 1.54) is 0 Å². The summed E-state index contributed by atoms with van der Waals surface area (Å²) in [5.74, 6) is -0.0692. The van der Waals surface area contributed by atoms with E-state index in [2.05, 4.69) is 10.6 Å². The monoisotopic (exact) mass is 340 g/mol. The Kier molecular flexibility index (Phi) is 6.17. The van der Waals surface area contributed by atoms with Gasteiger partial charge in [0, 0.05) is 12.2 Å². The minimum atomic E-state index is -0.317. The van der Waals surface area contributed by atoms with E-state index in [4.69, 9.17) is 9.47 Å². The Bertz CT molecular complexity index is 673. The summed E-state index contributed by atoms with van der Waals surface area (Å²) in [4.78, 5) is 12.3. The molecule has 2 aromatic rings. The Balaban J connectivity index is 1.47. The highest BCUT2D eigenvalue weighted by Crippen LogP contribution is 2.13. The number of hydrogen-bond acceptors (Lipinski definition) is 4. The van der Waals surface area contributed by atoms with Crippen LogP contribution in [0.25, 0.3) is 0 Å². The van der Waals surface area contributed by atoms with Crippen molar-refractivity contribution in [2.75, 3.05) is 18.5 Å². The number of hydrogen-bond donors (Lipinski definition) is 2. The van der Waals surface area contributed by atoms with E-state index in [0.29, 0.717) is 26.4 Å². The number of benzene rings is 2. The van der Waals surface area contributed by atoms with E-state index < -0.39 is 0 Å². The van der Waals surface area contributed by atoms with Crippen molar-refractivity contribution < 1.29 is 14.3 Å². The van der Waals surface area contributed by atoms with E-state index in [1.807, 2.05) is 61.5 Å². The smallest absolute Gasteiger partial charge is 0.244 e. The van der Waals surface area contributed by atoms with Crippen molar-refractivity contribution in [2.24, 2.45) is 0 Å². The van der Waals surface area contributed by atoms with Crippen molar-refractivity contribution in [3.05, 3.63) is 65.7 Å². The van der Waals surface area contributed by atoms with Crippen LogP contribution >= 0.6 is 0 Å². The lowest BCUT2D eigenvalue weighted by Gasteiger charge is -2.29. The van der Waals surface area contributed by atoms with E-state index in [0.717, 1.165) is 16.8 Å². The summed E-state index contributed by atoms with van der Waals surface area (Å²) in [6.45, 7) is 4.37. The third kappa shape index (κ3) is 5.13. The van der Waals surface area contributed by atoms with Gasteiger partial charge in [0.05, 0.1) is 25.9 Å². The standard InChI is InChI=1S/C20H24N2O3/c1-15-19(21-11-12-25-15)20(23)22-18-9-7-17(8-10-18)14-24-13-16-5-3-2-4-6-16/h2-10,15,19,21H,11-14H2,1H3,(H,22,23)/t15-,19+/m1/s1. The van der Waals surface area contributed by atoms with Gasteiger partial charge in [0.25, 0.3) is 0 Å². The van der Waals surface area contributed by atoms with E-state index >= 15 is 0 Å². The van der Waals surface area contributed by atoms with Crippen LogP contribution in [-0.2, 0) is 27.5 Å². The Morgan fingerprint density at radius 2 is 1.80 bits per heavy atom. The fourth-order valence-electron chi connectivity index (χ4n) is 2.79. The van der Waals surface area contributed by atoms with Gasteiger partial charge in [-0.3, -0.25) is 4.79 Å². The molecule has 1 heterocycles. The molecule has 0 bridgehead atoms. The summed E-state index contributed by atoms with van der Waals surface area (Å²) >= 11 is 0. The molecule has 3 rings (SSSR count). The van der Waals surface area contributed by atoms with Gasteiger partial charge in [-0.05, 0) is 30.2 Å². The van der Waals surface area contributed by atoms with Gasteiger partial charge in [-0.15, -0.1) is 0 Å². The molecule has 2 aromatic carbocycles. The van der Waals surface area contributed by atoms with Gasteiger partial charge in [0.1, 0.15) is 6.04 Å². The number of amides is 1. The summed E-state index contributed by atoms with van der Waals surface area (Å²) in [5, 5.41) is 6.12. The minimum absolute atomic E-state index is 0.0692. The fraction of sp³-hybridized carbons (Fsp3) is 0.350. The van der Waals surface area contributed by atoms with Gasteiger partial charge in [-0.2, -0.15) is 0 Å². The summed E-state index contributed by atoms with van der Waals surface area (Å²) in [6, 6.07) is 17.5. The highest BCUT2D eigenvalue weighted by Gasteiger charge is 2.28. The first-order chi connectivity index (χ1) is 12.2. The van der Waals surface area contributed by atoms with Crippen molar-refractivity contribution in [3.63, 3.8) is 0 Å². The normalized spacial score (nSPS) is 20.2. The molecule has 1 aliphatic heterocycles. The van der Waals surface area contributed by atoms with Crippen LogP contribution in [0.1, 0.15) is 18.1 Å². The van der Waals surface area contributed by atoms with Crippen LogP contribution in [0.2, 0.25) is 0 Å². The first-order valence-electron chi connectivity index (χ1n) is 8.59. The van der Waals surface area contributed by atoms with Gasteiger partial charge in [-0.1, -0.05) is 42.5 Å². The minimum Gasteiger partial charge on any atom is -0.375 e. The Morgan fingerprint density at radius 1 is 1.12 bits per heavy atom. The van der Waals surface area contributed by atoms with Crippen LogP contribution < -0.4 is 10.6 Å². The second-order valence-electron chi connectivity index (χ2n) is 6.17. The van der Waals surface area contributed by atoms with Gasteiger partial charge < -0.3 is 20.1 Å². The molecule has 2 N–H and O–H groups in total. The maximum atomic E-state index is 12.3. The molecule has 5 nitrogen and oxygen atoms in total. The average molecular weight is 340 g/mol. The number of anilines is 1. The maximum absolute atomic E-state index is 12.3. The largest absolute Gasteiger partial charge is 0.375 e. The van der Waals surface area contributed by atoms with Gasteiger partial charge in [0.15, 0.2) is 0 Å². The first kappa shape index (κ1) is 17.6. The van der Waals surface area contributed by atoms with Crippen molar-refractivity contribution in [3.8, 4) is 0 Å². The third-order valence-corrected chi connectivity index (χ3v) is 4.20. The lowest BCUT2D eigenvalue weighted by molar-refractivity contribution is -0.123. The molecule has 1 saturated heterocycles. The Morgan fingerprint density at radius 3 is 2.48 bits per heavy atom. The second-order valence-corrected chi connectivity index (χ2v) is 6.17. The number of rotatable bonds is 6. The van der Waals surface area contributed by atoms with Gasteiger partial charge in [0.2, 0.25) is 5.91 Å². The zero-order chi connectivity index (χ0) is 17.5. The Hall–Kier alpha value is -2.21. The molecular formula is C20H24N2O3. The number of nitrogens with one attached hydrogen (secondary N) is 2. The van der Waals surface area contributed by atoms with Crippen LogP contribution in [-0.4, -0.2) is 31.2 Å². The molecule has 0 radical (unpaired) electrons. The van der Waals surface area contributed by atoms with Gasteiger partial charge >= 0.3 is 0 Å². The van der Waals surface area contributed by atoms with E-state index in [1.54, 1.807) is 0 Å². The molecule has 1 amide bonds. The quantitative estimate of drug-likeness (QED) is 0.849. The zero-order valence-electron chi connectivity index (χ0n) is 14.4. The van der Waals surface area contributed by atoms with Crippen molar-refractivity contribution >= 4 is 11.6 Å². The predicted molar refractivity (Wildman–Crippen MR) is 97.2 cm³/mol. The molecule has 132 valence electrons. The van der Waals surface area contributed by atoms with Crippen LogP contribution in [0.15, 0.2) is 54.6 Å². The molecule has 0 aromatic heterocycles. The summed E-state index contributed by atoms with van der Waals surface area (Å²) in [7, 11) is 0. The number of morpholine rings is 1. The molecule has 5 heteroatoms. The number of carbonyl (C=O) groups excluding carboxylic acids is 1. The highest BCUT2D eigenvalue weighted by atomic mass is 16.5. The fourth-order valence-corrected chi connectivity index (χ4v) is 2.79. The van der Waals surface area contributed by atoms with Crippen LogP contribution in [0.3, 0.4) is 0 Å². The lowest BCUT2D eigenvalue weighted by Crippen LogP contribution is -2.53. The summed E-state index contributed by atoms with van der Waals surface area (Å²) < 4.78 is 11.2. The van der Waals surface area contributed by atoms with Gasteiger partial charge in [-0.25, -0.2) is 0 Å². The topological polar surface area (TPSA) is 59.6 Å². The molecular weight excluding hydrogens is 316 g/mol. The van der Waals surface area contributed by atoms with E-state index in [-0.39, 0.29) is 18.1 Å². The number of carbonyl (C=O) groups is 1. The number of ether oxygens (including phenoxy) is 2. The highest BCUT2D eigenvalue weighted by molar-refractivity contribution is 5.95. The molecule has 0 saturated carbocycles. The second kappa shape index (κ2) is 8.76. The summed E-state index contributed by atoms with van der Waals surface area (Å²) in [5.41, 5.74) is 3.00. The predicted octanol–water partition coefficient (Wildman–Crippen LogP) is 2.72. The summed E-state index contributed by atoms with van der Waals surface area (Å²) in [6.07, 6.45) is -0.126. The SMILES string of the molecule is C[C@H]1OCCN[C@@H]1C(=O)Nc1ccc(COCc2ccccc2)cc1. The zero-order valence-corrected chi connectivity index (χ0v) is 14.4. The molecule has 1 fully saturated rings. The van der Waals surface area contributed by atoms with Crippen molar-refractivity contribution in [1.82, 2.24) is 5.32 Å². The first-order valence-corrected chi connectivity index (χ1v) is 8.59. The molecule has 0 aliphatic carbocycles. The molecule has 1 aliphatic rings. The molecule has 25 heavy (non-hydrogen) atoms. The van der Waals surface area contributed by atoms with E-state index in [9.17, 15) is 4.79 Å². The van der Waals surface area contributed by atoms with Crippen LogP contribution in [0, 0.1) is 0 Å². The molecule has 2 atom stereocenters. The third-order valence-electron chi connectivity index (χ3n) is 4.20. The molecule has 0 spiro atoms. The van der Waals surface area contributed by atoms with Crippen molar-refractivity contribution in [2.45, 2.75) is 32.3 Å². The van der Waals surface area contributed by atoms with Crippen LogP contribution in [0.4, 0.5) is 5.69 Å².